The molecule has 1 unspecified atom stereocenters. The Kier molecular flexibility index (Phi) is 5.09. The van der Waals surface area contributed by atoms with Gasteiger partial charge in [0.25, 0.3) is 5.91 Å². The van der Waals surface area contributed by atoms with E-state index in [9.17, 15) is 9.59 Å². The summed E-state index contributed by atoms with van der Waals surface area (Å²) in [7, 11) is 0. The Labute approximate surface area is 152 Å². The van der Waals surface area contributed by atoms with Gasteiger partial charge in [0, 0.05) is 23.7 Å². The molecule has 130 valence electrons. The molecule has 1 aliphatic rings. The van der Waals surface area contributed by atoms with Crippen molar-refractivity contribution in [2.75, 3.05) is 13.1 Å². The molecule has 0 aromatic heterocycles. The van der Waals surface area contributed by atoms with Crippen LogP contribution in [-0.4, -0.2) is 29.8 Å². The average molecular weight is 357 g/mol. The number of carbonyl (C=O) groups is 2. The molecule has 0 saturated carbocycles. The van der Waals surface area contributed by atoms with Gasteiger partial charge in [-0.3, -0.25) is 9.59 Å². The first-order chi connectivity index (χ1) is 12.0. The number of hydrogen-bond donors (Lipinski definition) is 1. The fourth-order valence-corrected chi connectivity index (χ4v) is 3.26. The molecule has 1 atom stereocenters. The molecule has 1 fully saturated rings. The number of halogens is 1. The maximum absolute atomic E-state index is 12.9. The molecule has 2 amide bonds. The third kappa shape index (κ3) is 3.69. The Morgan fingerprint density at radius 2 is 1.92 bits per heavy atom. The van der Waals surface area contributed by atoms with Gasteiger partial charge in [-0.05, 0) is 35.2 Å². The molecule has 1 heterocycles. The summed E-state index contributed by atoms with van der Waals surface area (Å²) in [6.07, 6.45) is 0. The smallest absolute Gasteiger partial charge is 0.254 e. The van der Waals surface area contributed by atoms with Crippen molar-refractivity contribution < 1.29 is 9.59 Å². The Bertz CT molecular complexity index is 787. The van der Waals surface area contributed by atoms with Crippen molar-refractivity contribution in [1.82, 2.24) is 10.2 Å². The van der Waals surface area contributed by atoms with E-state index in [0.29, 0.717) is 29.6 Å². The SMILES string of the molecule is CC(C)c1ccc(C2C(=O)NCCN2C(=O)c2cccc(Cl)c2)cc1. The summed E-state index contributed by atoms with van der Waals surface area (Å²) in [4.78, 5) is 27.1. The first-order valence-corrected chi connectivity index (χ1v) is 8.79. The second kappa shape index (κ2) is 7.28. The third-order valence-corrected chi connectivity index (χ3v) is 4.70. The number of piperazine rings is 1. The van der Waals surface area contributed by atoms with Crippen LogP contribution in [0.2, 0.25) is 5.02 Å². The number of rotatable bonds is 3. The van der Waals surface area contributed by atoms with Crippen LogP contribution in [0.15, 0.2) is 48.5 Å². The number of hydrogen-bond acceptors (Lipinski definition) is 2. The van der Waals surface area contributed by atoms with Crippen molar-refractivity contribution in [2.24, 2.45) is 0 Å². The average Bonchev–Trinajstić information content (AvgIpc) is 2.61. The maximum Gasteiger partial charge on any atom is 0.254 e. The number of nitrogens with zero attached hydrogens (tertiary/aromatic N) is 1. The number of nitrogens with one attached hydrogen (secondary N) is 1. The molecule has 0 bridgehead atoms. The predicted molar refractivity (Wildman–Crippen MR) is 98.8 cm³/mol. The van der Waals surface area contributed by atoms with E-state index < -0.39 is 6.04 Å². The second-order valence-electron chi connectivity index (χ2n) is 6.52. The Balaban J connectivity index is 1.93. The van der Waals surface area contributed by atoms with Gasteiger partial charge in [-0.25, -0.2) is 0 Å². The summed E-state index contributed by atoms with van der Waals surface area (Å²) in [5, 5.41) is 3.36. The molecule has 1 aliphatic heterocycles. The van der Waals surface area contributed by atoms with Crippen molar-refractivity contribution in [3.05, 3.63) is 70.2 Å². The number of amides is 2. The number of benzene rings is 2. The molecule has 3 rings (SSSR count). The van der Waals surface area contributed by atoms with E-state index in [1.54, 1.807) is 29.2 Å². The van der Waals surface area contributed by atoms with Crippen molar-refractivity contribution in [1.29, 1.82) is 0 Å². The standard InChI is InChI=1S/C20H21ClN2O2/c1-13(2)14-6-8-15(9-7-14)18-19(24)22-10-11-23(18)20(25)16-4-3-5-17(21)12-16/h3-9,12-13,18H,10-11H2,1-2H3,(H,22,24). The summed E-state index contributed by atoms with van der Waals surface area (Å²) in [6, 6.07) is 14.1. The van der Waals surface area contributed by atoms with Crippen LogP contribution in [0.25, 0.3) is 0 Å². The van der Waals surface area contributed by atoms with Gasteiger partial charge in [-0.15, -0.1) is 0 Å². The summed E-state index contributed by atoms with van der Waals surface area (Å²) in [5.41, 5.74) is 2.51. The fraction of sp³-hybridized carbons (Fsp3) is 0.300. The van der Waals surface area contributed by atoms with E-state index >= 15 is 0 Å². The minimum atomic E-state index is -0.624. The Morgan fingerprint density at radius 1 is 1.20 bits per heavy atom. The lowest BCUT2D eigenvalue weighted by molar-refractivity contribution is -0.128. The van der Waals surface area contributed by atoms with E-state index in [-0.39, 0.29) is 11.8 Å². The quantitative estimate of drug-likeness (QED) is 0.909. The van der Waals surface area contributed by atoms with Crippen molar-refractivity contribution in [3.63, 3.8) is 0 Å². The van der Waals surface area contributed by atoms with Gasteiger partial charge in [-0.2, -0.15) is 0 Å². The van der Waals surface area contributed by atoms with Gasteiger partial charge >= 0.3 is 0 Å². The lowest BCUT2D eigenvalue weighted by atomic mass is 9.96. The van der Waals surface area contributed by atoms with Crippen molar-refractivity contribution in [3.8, 4) is 0 Å². The highest BCUT2D eigenvalue weighted by Crippen LogP contribution is 2.27. The molecule has 2 aromatic carbocycles. The molecule has 5 heteroatoms. The maximum atomic E-state index is 12.9. The van der Waals surface area contributed by atoms with Gasteiger partial charge < -0.3 is 10.2 Å². The van der Waals surface area contributed by atoms with E-state index in [4.69, 9.17) is 11.6 Å². The van der Waals surface area contributed by atoms with Crippen LogP contribution in [0.5, 0.6) is 0 Å². The normalized spacial score (nSPS) is 17.5. The summed E-state index contributed by atoms with van der Waals surface area (Å²) < 4.78 is 0. The van der Waals surface area contributed by atoms with E-state index in [2.05, 4.69) is 19.2 Å². The van der Waals surface area contributed by atoms with E-state index in [1.165, 1.54) is 5.56 Å². The van der Waals surface area contributed by atoms with E-state index in [0.717, 1.165) is 5.56 Å². The molecule has 0 aliphatic carbocycles. The van der Waals surface area contributed by atoms with Gasteiger partial charge in [0.05, 0.1) is 0 Å². The summed E-state index contributed by atoms with van der Waals surface area (Å²) >= 11 is 6.01. The molecule has 2 aromatic rings. The highest BCUT2D eigenvalue weighted by Gasteiger charge is 2.34. The molecule has 1 N–H and O–H groups in total. The highest BCUT2D eigenvalue weighted by atomic mass is 35.5. The van der Waals surface area contributed by atoms with E-state index in [1.807, 2.05) is 24.3 Å². The molecule has 25 heavy (non-hydrogen) atoms. The molecule has 1 saturated heterocycles. The van der Waals surface area contributed by atoms with Crippen molar-refractivity contribution >= 4 is 23.4 Å². The van der Waals surface area contributed by atoms with Gasteiger partial charge in [0.15, 0.2) is 0 Å². The lowest BCUT2D eigenvalue weighted by Gasteiger charge is -2.35. The fourth-order valence-electron chi connectivity index (χ4n) is 3.07. The lowest BCUT2D eigenvalue weighted by Crippen LogP contribution is -2.52. The monoisotopic (exact) mass is 356 g/mol. The first-order valence-electron chi connectivity index (χ1n) is 8.41. The van der Waals surface area contributed by atoms with Gasteiger partial charge in [0.2, 0.25) is 5.91 Å². The summed E-state index contributed by atoms with van der Waals surface area (Å²) in [6.45, 7) is 5.16. The molecule has 4 nitrogen and oxygen atoms in total. The first kappa shape index (κ1) is 17.5. The minimum absolute atomic E-state index is 0.154. The molecule has 0 radical (unpaired) electrons. The van der Waals surface area contributed by atoms with Crippen LogP contribution >= 0.6 is 11.6 Å². The molecule has 0 spiro atoms. The zero-order chi connectivity index (χ0) is 18.0. The van der Waals surface area contributed by atoms with Crippen LogP contribution < -0.4 is 5.32 Å². The minimum Gasteiger partial charge on any atom is -0.352 e. The van der Waals surface area contributed by atoms with Crippen LogP contribution in [0.4, 0.5) is 0 Å². The third-order valence-electron chi connectivity index (χ3n) is 4.46. The van der Waals surface area contributed by atoms with Crippen LogP contribution in [0.3, 0.4) is 0 Å². The molecular weight excluding hydrogens is 336 g/mol. The zero-order valence-electron chi connectivity index (χ0n) is 14.3. The zero-order valence-corrected chi connectivity index (χ0v) is 15.1. The highest BCUT2D eigenvalue weighted by molar-refractivity contribution is 6.31. The second-order valence-corrected chi connectivity index (χ2v) is 6.96. The topological polar surface area (TPSA) is 49.4 Å². The number of carbonyl (C=O) groups excluding carboxylic acids is 2. The Hall–Kier alpha value is -2.33. The molecular formula is C20H21ClN2O2. The Morgan fingerprint density at radius 3 is 2.56 bits per heavy atom. The van der Waals surface area contributed by atoms with Crippen LogP contribution in [-0.2, 0) is 4.79 Å². The van der Waals surface area contributed by atoms with Crippen molar-refractivity contribution in [2.45, 2.75) is 25.8 Å². The van der Waals surface area contributed by atoms with Crippen LogP contribution in [0.1, 0.15) is 47.3 Å². The summed E-state index contributed by atoms with van der Waals surface area (Å²) in [5.74, 6) is 0.0765. The predicted octanol–water partition coefficient (Wildman–Crippen LogP) is 3.78. The van der Waals surface area contributed by atoms with Gasteiger partial charge in [0.1, 0.15) is 6.04 Å². The largest absolute Gasteiger partial charge is 0.352 e. The van der Waals surface area contributed by atoms with Gasteiger partial charge in [-0.1, -0.05) is 55.8 Å². The van der Waals surface area contributed by atoms with Crippen LogP contribution in [0, 0.1) is 0 Å².